The van der Waals surface area contributed by atoms with E-state index >= 15 is 0 Å². The van der Waals surface area contributed by atoms with Crippen LogP contribution in [0.2, 0.25) is 5.02 Å². The number of piperidine rings is 1. The molecule has 0 bridgehead atoms. The van der Waals surface area contributed by atoms with E-state index in [1.54, 1.807) is 24.0 Å². The van der Waals surface area contributed by atoms with Gasteiger partial charge in [-0.2, -0.15) is 10.1 Å². The molecule has 0 spiro atoms. The van der Waals surface area contributed by atoms with Gasteiger partial charge in [0, 0.05) is 49.8 Å². The number of fused-ring (bicyclic) bond motifs is 2. The molecule has 324 valence electrons. The summed E-state index contributed by atoms with van der Waals surface area (Å²) >= 11 is 6.47. The van der Waals surface area contributed by atoms with Gasteiger partial charge in [-0.15, -0.1) is 5.10 Å². The van der Waals surface area contributed by atoms with Crippen LogP contribution < -0.4 is 27.3 Å². The van der Waals surface area contributed by atoms with Crippen molar-refractivity contribution in [2.75, 3.05) is 23.8 Å². The second-order valence-corrected chi connectivity index (χ2v) is 14.9. The van der Waals surface area contributed by atoms with Crippen molar-refractivity contribution in [2.45, 2.75) is 44.9 Å². The van der Waals surface area contributed by atoms with Gasteiger partial charge in [-0.3, -0.25) is 48.1 Å². The molecule has 5 heterocycles. The molecule has 1 saturated heterocycles. The number of aromatic nitrogens is 8. The highest BCUT2D eigenvalue weighted by molar-refractivity contribution is 6.34. The van der Waals surface area contributed by atoms with Crippen molar-refractivity contribution in [3.05, 3.63) is 121 Å². The Bertz CT molecular complexity index is 3020. The Kier molecular flexibility index (Phi) is 11.4. The van der Waals surface area contributed by atoms with Crippen LogP contribution in [0.1, 0.15) is 51.2 Å². The summed E-state index contributed by atoms with van der Waals surface area (Å²) in [5.41, 5.74) is -1.61. The van der Waals surface area contributed by atoms with Gasteiger partial charge in [0.15, 0.2) is 11.6 Å². The molecule has 3 N–H and O–H groups in total. The fourth-order valence-corrected chi connectivity index (χ4v) is 7.33. The fraction of sp³-hybridized carbons (Fsp3) is 0.256. The summed E-state index contributed by atoms with van der Waals surface area (Å²) in [6.45, 7) is -1.28. The van der Waals surface area contributed by atoms with Crippen LogP contribution in [0.15, 0.2) is 64.4 Å². The van der Waals surface area contributed by atoms with Crippen LogP contribution in [0.25, 0.3) is 10.9 Å². The molecule has 8 rings (SSSR count). The minimum Gasteiger partial charge on any atom is -0.372 e. The van der Waals surface area contributed by atoms with Crippen molar-refractivity contribution < 1.29 is 41.9 Å². The normalized spacial score (nSPS) is 15.0. The molecular formula is C39H32ClF3N12O8. The van der Waals surface area contributed by atoms with Crippen molar-refractivity contribution in [3.63, 3.8) is 0 Å². The largest absolute Gasteiger partial charge is 0.372 e. The van der Waals surface area contributed by atoms with Gasteiger partial charge in [-0.25, -0.2) is 27.3 Å². The summed E-state index contributed by atoms with van der Waals surface area (Å²) in [6, 6.07) is 7.17. The zero-order valence-corrected chi connectivity index (χ0v) is 33.5. The van der Waals surface area contributed by atoms with Crippen LogP contribution in [-0.4, -0.2) is 92.6 Å². The zero-order chi connectivity index (χ0) is 44.7. The van der Waals surface area contributed by atoms with Crippen LogP contribution in [0.3, 0.4) is 0 Å². The maximum Gasteiger partial charge on any atom is 0.355 e. The topological polar surface area (TPSA) is 239 Å². The molecule has 3 aromatic carbocycles. The standard InChI is InChI=1S/C39H32ClF3N12O8/c1-51-14-20-11-29(23(40)12-28(20)49-51)45-37-47-38(61)54(39(62)53(37)15-19-10-25(42)26(43)13-24(19)41)17-21-16-52(50-48-21)8-3-9-63-18-32(57)44-27-5-2-4-22-33(27)36(60)55(35(22)59)30-6-7-31(56)46-34(30)58/h2,4-5,10-14,16,30H,3,6-9,15,17-18H2,1H3,(H,44,57)(H,45,47,61)(H,46,56,58). The van der Waals surface area contributed by atoms with Crippen molar-refractivity contribution >= 4 is 69.4 Å². The van der Waals surface area contributed by atoms with E-state index in [4.69, 9.17) is 16.3 Å². The molecule has 6 aromatic rings. The number of hydrogen-bond acceptors (Lipinski definition) is 13. The number of ether oxygens (including phenoxy) is 1. The maximum atomic E-state index is 14.9. The number of imide groups is 2. The third-order valence-electron chi connectivity index (χ3n) is 10.1. The predicted octanol–water partition coefficient (Wildman–Crippen LogP) is 2.24. The number of aryl methyl sites for hydroxylation is 2. The van der Waals surface area contributed by atoms with E-state index in [1.165, 1.54) is 35.1 Å². The molecule has 63 heavy (non-hydrogen) atoms. The Morgan fingerprint density at radius 3 is 2.54 bits per heavy atom. The lowest BCUT2D eigenvalue weighted by molar-refractivity contribution is -0.136. The van der Waals surface area contributed by atoms with Gasteiger partial charge in [0.1, 0.15) is 24.2 Å². The smallest absolute Gasteiger partial charge is 0.355 e. The molecule has 5 amide bonds. The first-order chi connectivity index (χ1) is 30.1. The second-order valence-electron chi connectivity index (χ2n) is 14.5. The van der Waals surface area contributed by atoms with E-state index in [-0.39, 0.29) is 65.2 Å². The Balaban J connectivity index is 0.905. The molecule has 20 nitrogen and oxygen atoms in total. The first kappa shape index (κ1) is 42.2. The Morgan fingerprint density at radius 1 is 0.952 bits per heavy atom. The minimum absolute atomic E-state index is 0.00557. The SMILES string of the molecule is Cn1cc2cc(Nc3nc(=O)n(Cc4cn(CCCOCC(=O)Nc5cccc6c5C(=O)N(C5CCC(=O)NC5=O)C6=O)nn4)c(=O)n3Cc3cc(F)c(F)cc3F)c(Cl)cc2n1. The second kappa shape index (κ2) is 17.1. The quantitative estimate of drug-likeness (QED) is 0.0809. The predicted molar refractivity (Wildman–Crippen MR) is 213 cm³/mol. The zero-order valence-electron chi connectivity index (χ0n) is 32.7. The first-order valence-corrected chi connectivity index (χ1v) is 19.4. The maximum absolute atomic E-state index is 14.9. The Labute approximate surface area is 356 Å². The molecule has 0 radical (unpaired) electrons. The number of rotatable bonds is 14. The van der Waals surface area contributed by atoms with Crippen LogP contribution >= 0.6 is 11.6 Å². The number of hydrogen-bond donors (Lipinski definition) is 3. The van der Waals surface area contributed by atoms with Crippen LogP contribution in [-0.2, 0) is 45.8 Å². The number of benzene rings is 3. The summed E-state index contributed by atoms with van der Waals surface area (Å²) in [7, 11) is 1.70. The molecule has 0 aliphatic carbocycles. The Hall–Kier alpha value is -7.53. The van der Waals surface area contributed by atoms with E-state index in [0.717, 1.165) is 9.47 Å². The number of nitrogens with zero attached hydrogens (tertiary/aromatic N) is 9. The lowest BCUT2D eigenvalue weighted by Crippen LogP contribution is -2.54. The molecule has 3 aromatic heterocycles. The van der Waals surface area contributed by atoms with Crippen LogP contribution in [0, 0.1) is 17.5 Å². The van der Waals surface area contributed by atoms with Gasteiger partial charge in [0.25, 0.3) is 11.8 Å². The van der Waals surface area contributed by atoms with E-state index in [2.05, 4.69) is 36.3 Å². The van der Waals surface area contributed by atoms with Crippen molar-refractivity contribution in [3.8, 4) is 0 Å². The van der Waals surface area contributed by atoms with Gasteiger partial charge in [-0.05, 0) is 43.2 Å². The molecule has 2 aliphatic heterocycles. The average molecular weight is 889 g/mol. The summed E-state index contributed by atoms with van der Waals surface area (Å²) < 4.78 is 52.8. The van der Waals surface area contributed by atoms with Crippen molar-refractivity contribution in [1.29, 1.82) is 0 Å². The molecule has 1 unspecified atom stereocenters. The summed E-state index contributed by atoms with van der Waals surface area (Å²) in [5, 5.41) is 20.6. The number of carbonyl (C=O) groups is 5. The molecule has 24 heteroatoms. The number of carbonyl (C=O) groups excluding carboxylic acids is 5. The highest BCUT2D eigenvalue weighted by atomic mass is 35.5. The molecule has 0 saturated carbocycles. The minimum atomic E-state index is -1.44. The van der Waals surface area contributed by atoms with Crippen LogP contribution in [0.4, 0.5) is 30.5 Å². The summed E-state index contributed by atoms with van der Waals surface area (Å²) in [5.74, 6) is -7.74. The molecule has 2 aliphatic rings. The van der Waals surface area contributed by atoms with Gasteiger partial charge in [0.05, 0.1) is 52.3 Å². The highest BCUT2D eigenvalue weighted by Gasteiger charge is 2.45. The number of anilines is 3. The van der Waals surface area contributed by atoms with E-state index in [9.17, 15) is 46.7 Å². The van der Waals surface area contributed by atoms with E-state index in [1.807, 2.05) is 0 Å². The number of halogens is 4. The highest BCUT2D eigenvalue weighted by Crippen LogP contribution is 2.33. The number of nitrogens with one attached hydrogen (secondary N) is 3. The van der Waals surface area contributed by atoms with Gasteiger partial charge in [0.2, 0.25) is 23.7 Å². The van der Waals surface area contributed by atoms with Crippen molar-refractivity contribution in [1.82, 2.24) is 49.1 Å². The lowest BCUT2D eigenvalue weighted by atomic mass is 10.0. The monoisotopic (exact) mass is 888 g/mol. The molecule has 1 atom stereocenters. The molecular weight excluding hydrogens is 857 g/mol. The van der Waals surface area contributed by atoms with E-state index < -0.39 is 89.7 Å². The van der Waals surface area contributed by atoms with Crippen LogP contribution in [0.5, 0.6) is 0 Å². The average Bonchev–Trinajstić information content (AvgIpc) is 3.91. The summed E-state index contributed by atoms with van der Waals surface area (Å²) in [4.78, 5) is 95.2. The first-order valence-electron chi connectivity index (χ1n) is 19.0. The van der Waals surface area contributed by atoms with Gasteiger partial charge >= 0.3 is 11.4 Å². The number of amides is 5. The third-order valence-corrected chi connectivity index (χ3v) is 10.4. The molecule has 1 fully saturated rings. The Morgan fingerprint density at radius 2 is 1.75 bits per heavy atom. The fourth-order valence-electron chi connectivity index (χ4n) is 7.12. The van der Waals surface area contributed by atoms with Gasteiger partial charge < -0.3 is 15.4 Å². The van der Waals surface area contributed by atoms with E-state index in [0.29, 0.717) is 34.0 Å². The lowest BCUT2D eigenvalue weighted by Gasteiger charge is -2.27. The van der Waals surface area contributed by atoms with Crippen molar-refractivity contribution in [2.24, 2.45) is 7.05 Å². The third kappa shape index (κ3) is 8.55. The van der Waals surface area contributed by atoms with Gasteiger partial charge in [-0.1, -0.05) is 22.9 Å². The summed E-state index contributed by atoms with van der Waals surface area (Å²) in [6.07, 6.45) is 3.38.